The number of sulfonamides is 1. The molecule has 1 aromatic rings. The number of nitrogens with one attached hydrogen (secondary N) is 2. The highest BCUT2D eigenvalue weighted by Crippen LogP contribution is 2.33. The van der Waals surface area contributed by atoms with Gasteiger partial charge in [0.05, 0.1) is 0 Å². The number of amides is 1. The molecule has 0 aliphatic carbocycles. The highest BCUT2D eigenvalue weighted by molar-refractivity contribution is 7.90. The minimum Gasteiger partial charge on any atom is -0.454 e. The lowest BCUT2D eigenvalue weighted by Gasteiger charge is -2.39. The molecule has 3 heterocycles. The SMILES string of the molecule is CC1NC(O)NC(=O)C1S(=O)(=O)N1CCN(Cc2ccc3c(c2)OCO3)CC1. The van der Waals surface area contributed by atoms with Gasteiger partial charge in [-0.3, -0.25) is 15.0 Å². The minimum atomic E-state index is -3.83. The number of piperazine rings is 1. The largest absolute Gasteiger partial charge is 0.454 e. The molecule has 0 radical (unpaired) electrons. The van der Waals surface area contributed by atoms with Gasteiger partial charge in [0.2, 0.25) is 22.7 Å². The van der Waals surface area contributed by atoms with Crippen LogP contribution in [0.2, 0.25) is 0 Å². The first-order valence-corrected chi connectivity index (χ1v) is 10.7. The van der Waals surface area contributed by atoms with Crippen LogP contribution in [0, 0.1) is 0 Å². The molecule has 3 unspecified atom stereocenters. The Labute approximate surface area is 163 Å². The second-order valence-corrected chi connectivity index (χ2v) is 9.25. The Bertz CT molecular complexity index is 855. The number of fused-ring (bicyclic) bond motifs is 1. The number of aliphatic hydroxyl groups excluding tert-OH is 1. The molecule has 154 valence electrons. The lowest BCUT2D eigenvalue weighted by atomic mass is 10.2. The molecular weight excluding hydrogens is 388 g/mol. The lowest BCUT2D eigenvalue weighted by Crippen LogP contribution is -2.67. The van der Waals surface area contributed by atoms with Crippen molar-refractivity contribution in [2.24, 2.45) is 0 Å². The number of carbonyl (C=O) groups is 1. The van der Waals surface area contributed by atoms with Crippen molar-refractivity contribution in [3.63, 3.8) is 0 Å². The third-order valence-electron chi connectivity index (χ3n) is 5.27. The molecule has 3 aliphatic rings. The molecule has 2 saturated heterocycles. The molecule has 0 spiro atoms. The maximum absolute atomic E-state index is 13.0. The summed E-state index contributed by atoms with van der Waals surface area (Å²) in [5, 5.41) is 13.1. The smallest absolute Gasteiger partial charge is 0.244 e. The topological polar surface area (TPSA) is 120 Å². The third kappa shape index (κ3) is 3.67. The lowest BCUT2D eigenvalue weighted by molar-refractivity contribution is -0.128. The quantitative estimate of drug-likeness (QED) is 0.553. The van der Waals surface area contributed by atoms with E-state index in [0.29, 0.717) is 32.7 Å². The molecule has 4 rings (SSSR count). The van der Waals surface area contributed by atoms with Gasteiger partial charge >= 0.3 is 0 Å². The number of hydrogen-bond acceptors (Lipinski definition) is 8. The first-order valence-electron chi connectivity index (χ1n) is 9.19. The predicted molar refractivity (Wildman–Crippen MR) is 98.9 cm³/mol. The molecule has 3 aliphatic heterocycles. The van der Waals surface area contributed by atoms with E-state index in [9.17, 15) is 18.3 Å². The fourth-order valence-electron chi connectivity index (χ4n) is 3.82. The van der Waals surface area contributed by atoms with Crippen LogP contribution >= 0.6 is 0 Å². The second kappa shape index (κ2) is 7.48. The highest BCUT2D eigenvalue weighted by Gasteiger charge is 2.45. The van der Waals surface area contributed by atoms with Gasteiger partial charge in [0.15, 0.2) is 23.1 Å². The van der Waals surface area contributed by atoms with E-state index < -0.39 is 33.6 Å². The van der Waals surface area contributed by atoms with E-state index in [4.69, 9.17) is 9.47 Å². The highest BCUT2D eigenvalue weighted by atomic mass is 32.2. The zero-order valence-electron chi connectivity index (χ0n) is 15.5. The van der Waals surface area contributed by atoms with Gasteiger partial charge in [-0.2, -0.15) is 4.31 Å². The van der Waals surface area contributed by atoms with E-state index in [1.54, 1.807) is 6.92 Å². The number of hydrogen-bond donors (Lipinski definition) is 3. The maximum atomic E-state index is 13.0. The number of carbonyl (C=O) groups excluding carboxylic acids is 1. The molecule has 2 fully saturated rings. The van der Waals surface area contributed by atoms with E-state index in [1.165, 1.54) is 4.31 Å². The first-order chi connectivity index (χ1) is 13.3. The van der Waals surface area contributed by atoms with Gasteiger partial charge < -0.3 is 19.9 Å². The van der Waals surface area contributed by atoms with Crippen molar-refractivity contribution < 1.29 is 27.8 Å². The van der Waals surface area contributed by atoms with Crippen molar-refractivity contribution in [1.82, 2.24) is 19.8 Å². The van der Waals surface area contributed by atoms with Gasteiger partial charge in [0.25, 0.3) is 0 Å². The van der Waals surface area contributed by atoms with Crippen LogP contribution in [0.5, 0.6) is 11.5 Å². The van der Waals surface area contributed by atoms with E-state index in [1.807, 2.05) is 18.2 Å². The number of aliphatic hydroxyl groups is 1. The predicted octanol–water partition coefficient (Wildman–Crippen LogP) is -1.38. The van der Waals surface area contributed by atoms with Crippen LogP contribution in [-0.2, 0) is 21.4 Å². The normalized spacial score (nSPS) is 28.9. The Morgan fingerprint density at radius 3 is 2.61 bits per heavy atom. The average molecular weight is 412 g/mol. The van der Waals surface area contributed by atoms with Gasteiger partial charge in [-0.05, 0) is 24.6 Å². The Hall–Kier alpha value is -1.92. The van der Waals surface area contributed by atoms with E-state index >= 15 is 0 Å². The van der Waals surface area contributed by atoms with Crippen molar-refractivity contribution in [3.8, 4) is 11.5 Å². The summed E-state index contributed by atoms with van der Waals surface area (Å²) in [5.74, 6) is 0.783. The van der Waals surface area contributed by atoms with Gasteiger partial charge in [0, 0.05) is 38.8 Å². The minimum absolute atomic E-state index is 0.231. The van der Waals surface area contributed by atoms with Crippen LogP contribution in [0.15, 0.2) is 18.2 Å². The summed E-state index contributed by atoms with van der Waals surface area (Å²) in [4.78, 5) is 14.3. The molecule has 10 nitrogen and oxygen atoms in total. The van der Waals surface area contributed by atoms with Crippen LogP contribution in [0.3, 0.4) is 0 Å². The molecule has 0 bridgehead atoms. The molecule has 28 heavy (non-hydrogen) atoms. The molecule has 11 heteroatoms. The van der Waals surface area contributed by atoms with Gasteiger partial charge in [0.1, 0.15) is 0 Å². The third-order valence-corrected chi connectivity index (χ3v) is 7.62. The fraction of sp³-hybridized carbons (Fsp3) is 0.588. The molecule has 0 saturated carbocycles. The van der Waals surface area contributed by atoms with Crippen molar-refractivity contribution in [1.29, 1.82) is 0 Å². The molecule has 1 aromatic carbocycles. The van der Waals surface area contributed by atoms with Crippen LogP contribution in [0.1, 0.15) is 12.5 Å². The molecule has 3 atom stereocenters. The second-order valence-electron chi connectivity index (χ2n) is 7.19. The number of rotatable bonds is 4. The van der Waals surface area contributed by atoms with Crippen molar-refractivity contribution in [2.45, 2.75) is 31.1 Å². The van der Waals surface area contributed by atoms with Crippen molar-refractivity contribution in [3.05, 3.63) is 23.8 Å². The zero-order chi connectivity index (χ0) is 19.9. The fourth-order valence-corrected chi connectivity index (χ4v) is 5.74. The summed E-state index contributed by atoms with van der Waals surface area (Å²) in [6.07, 6.45) is -1.23. The number of nitrogens with zero attached hydrogens (tertiary/aromatic N) is 2. The van der Waals surface area contributed by atoms with Gasteiger partial charge in [-0.15, -0.1) is 0 Å². The van der Waals surface area contributed by atoms with Gasteiger partial charge in [-0.1, -0.05) is 6.07 Å². The zero-order valence-corrected chi connectivity index (χ0v) is 16.3. The van der Waals surface area contributed by atoms with Crippen LogP contribution in [-0.4, -0.2) is 79.3 Å². The standard InChI is InChI=1S/C17H24N4O6S/c1-11-15(16(22)19-17(23)18-11)28(24,25)21-6-4-20(5-7-21)9-12-2-3-13-14(8-12)27-10-26-13/h2-3,8,11,15,17-18,23H,4-7,9-10H2,1H3,(H,19,22). The molecule has 1 amide bonds. The van der Waals surface area contributed by atoms with Crippen molar-refractivity contribution in [2.75, 3.05) is 33.0 Å². The Balaban J connectivity index is 1.37. The van der Waals surface area contributed by atoms with Crippen LogP contribution < -0.4 is 20.1 Å². The van der Waals surface area contributed by atoms with E-state index in [-0.39, 0.29) is 6.79 Å². The van der Waals surface area contributed by atoms with E-state index in [0.717, 1.165) is 17.1 Å². The van der Waals surface area contributed by atoms with Crippen LogP contribution in [0.4, 0.5) is 0 Å². The van der Waals surface area contributed by atoms with Crippen molar-refractivity contribution >= 4 is 15.9 Å². The summed E-state index contributed by atoms with van der Waals surface area (Å²) in [6.45, 7) is 4.24. The van der Waals surface area contributed by atoms with Gasteiger partial charge in [-0.25, -0.2) is 8.42 Å². The Morgan fingerprint density at radius 1 is 1.18 bits per heavy atom. The average Bonchev–Trinajstić information content (AvgIpc) is 3.09. The Kier molecular flexibility index (Phi) is 5.19. The molecular formula is C17H24N4O6S. The summed E-state index contributed by atoms with van der Waals surface area (Å²) < 4.78 is 38.0. The monoisotopic (exact) mass is 412 g/mol. The van der Waals surface area contributed by atoms with Crippen LogP contribution in [0.25, 0.3) is 0 Å². The summed E-state index contributed by atoms with van der Waals surface area (Å²) in [7, 11) is -3.83. The molecule has 3 N–H and O–H groups in total. The first kappa shape index (κ1) is 19.4. The molecule has 0 aromatic heterocycles. The number of benzene rings is 1. The number of ether oxygens (including phenoxy) is 2. The summed E-state index contributed by atoms with van der Waals surface area (Å²) in [5.41, 5.74) is 1.07. The van der Waals surface area contributed by atoms with E-state index in [2.05, 4.69) is 15.5 Å². The summed E-state index contributed by atoms with van der Waals surface area (Å²) >= 11 is 0. The maximum Gasteiger partial charge on any atom is 0.244 e. The summed E-state index contributed by atoms with van der Waals surface area (Å²) in [6, 6.07) is 5.11. The Morgan fingerprint density at radius 2 is 1.89 bits per heavy atom.